The Labute approximate surface area is 306 Å². The lowest BCUT2D eigenvalue weighted by Gasteiger charge is -2.25. The van der Waals surface area contributed by atoms with Gasteiger partial charge in [-0.05, 0) is 109 Å². The Kier molecular flexibility index (Phi) is 13.6. The molecule has 270 valence electrons. The van der Waals surface area contributed by atoms with Gasteiger partial charge in [0.2, 0.25) is 0 Å². The Morgan fingerprint density at radius 1 is 0.481 bits per heavy atom. The number of hydrogen-bond donors (Lipinski definition) is 0. The Morgan fingerprint density at radius 2 is 0.827 bits per heavy atom. The smallest absolute Gasteiger partial charge is 0.272 e. The fourth-order valence-electron chi connectivity index (χ4n) is 6.02. The zero-order valence-corrected chi connectivity index (χ0v) is 30.4. The Balaban J connectivity index is 1.37. The first-order chi connectivity index (χ1) is 25.4. The largest absolute Gasteiger partial charge is 0.497 e. The highest BCUT2D eigenvalue weighted by Crippen LogP contribution is 2.19. The van der Waals surface area contributed by atoms with E-state index < -0.39 is 0 Å². The van der Waals surface area contributed by atoms with Crippen molar-refractivity contribution in [3.8, 4) is 23.0 Å². The summed E-state index contributed by atoms with van der Waals surface area (Å²) in [7, 11) is 6.57. The molecule has 9 nitrogen and oxygen atoms in total. The zero-order valence-electron chi connectivity index (χ0n) is 30.4. The van der Waals surface area contributed by atoms with Crippen molar-refractivity contribution in [2.75, 3.05) is 54.6 Å². The monoisotopic (exact) mass is 701 g/mol. The first-order valence-corrected chi connectivity index (χ1v) is 17.5. The van der Waals surface area contributed by atoms with Gasteiger partial charge in [0.1, 0.15) is 28.7 Å². The third-order valence-corrected chi connectivity index (χ3v) is 9.02. The molecule has 0 fully saturated rings. The molecule has 1 aromatic heterocycles. The fourth-order valence-corrected chi connectivity index (χ4v) is 6.02. The summed E-state index contributed by atoms with van der Waals surface area (Å²) in [5, 5.41) is 0. The topological polar surface area (TPSA) is 90.4 Å². The van der Waals surface area contributed by atoms with Gasteiger partial charge in [0, 0.05) is 37.9 Å². The van der Waals surface area contributed by atoms with E-state index in [-0.39, 0.29) is 17.5 Å². The molecule has 0 aliphatic carbocycles. The molecule has 2 amide bonds. The van der Waals surface area contributed by atoms with Gasteiger partial charge in [-0.3, -0.25) is 14.6 Å². The van der Waals surface area contributed by atoms with Gasteiger partial charge in [-0.15, -0.1) is 0 Å². The molecule has 0 spiro atoms. The minimum atomic E-state index is -0.236. The molecule has 1 heterocycles. The number of rotatable bonds is 18. The second-order valence-electron chi connectivity index (χ2n) is 12.4. The van der Waals surface area contributed by atoms with Crippen LogP contribution in [0.2, 0.25) is 0 Å². The number of benzene rings is 4. The van der Waals surface area contributed by atoms with Crippen LogP contribution in [0.5, 0.6) is 23.0 Å². The molecule has 4 aromatic carbocycles. The van der Waals surface area contributed by atoms with E-state index in [1.54, 1.807) is 51.7 Å². The maximum absolute atomic E-state index is 14.2. The van der Waals surface area contributed by atoms with Gasteiger partial charge in [0.15, 0.2) is 0 Å². The summed E-state index contributed by atoms with van der Waals surface area (Å²) < 4.78 is 21.7. The van der Waals surface area contributed by atoms with Crippen LogP contribution in [-0.4, -0.2) is 81.2 Å². The van der Waals surface area contributed by atoms with Crippen LogP contribution in [0.1, 0.15) is 43.1 Å². The first-order valence-electron chi connectivity index (χ1n) is 17.5. The summed E-state index contributed by atoms with van der Waals surface area (Å²) in [6, 6.07) is 34.7. The van der Waals surface area contributed by atoms with E-state index in [9.17, 15) is 9.59 Å². The molecule has 5 aromatic rings. The number of carbonyl (C=O) groups is 2. The minimum Gasteiger partial charge on any atom is -0.497 e. The number of carbonyl (C=O) groups excluding carboxylic acids is 2. The minimum absolute atomic E-state index is 0.165. The molecule has 9 heteroatoms. The van der Waals surface area contributed by atoms with E-state index in [0.717, 1.165) is 45.3 Å². The maximum Gasteiger partial charge on any atom is 0.272 e. The average Bonchev–Trinajstić information content (AvgIpc) is 3.20. The molecule has 5 rings (SSSR count). The van der Waals surface area contributed by atoms with Crippen LogP contribution in [0.4, 0.5) is 0 Å². The summed E-state index contributed by atoms with van der Waals surface area (Å²) in [5.41, 5.74) is 4.87. The van der Waals surface area contributed by atoms with Gasteiger partial charge >= 0.3 is 0 Å². The maximum atomic E-state index is 14.2. The molecule has 0 saturated carbocycles. The average molecular weight is 702 g/mol. The standard InChI is InChI=1S/C43H47N3O6/c1-49-37-13-5-9-32(27-37)18-23-45(24-19-33-10-6-14-38(28-33)50-2)42(47)36-17-22-44-41(31-36)43(48)46(25-20-34-11-7-15-39(29-34)51-3)26-21-35-12-8-16-40(30-35)52-4/h5-17,22,27-31H,18-21,23-26H2,1-4H3. The van der Waals surface area contributed by atoms with E-state index in [4.69, 9.17) is 18.9 Å². The SMILES string of the molecule is COc1cccc(CCN(CCc2cccc(OC)c2)C(=O)c2ccnc(C(=O)N(CCc3cccc(OC)c3)CCc3cccc(OC)c3)c2)c1. The van der Waals surface area contributed by atoms with E-state index in [2.05, 4.69) is 4.98 Å². The third-order valence-electron chi connectivity index (χ3n) is 9.02. The van der Waals surface area contributed by atoms with Crippen molar-refractivity contribution in [3.05, 3.63) is 149 Å². The van der Waals surface area contributed by atoms with Crippen molar-refractivity contribution in [1.29, 1.82) is 0 Å². The summed E-state index contributed by atoms with van der Waals surface area (Å²) >= 11 is 0. The van der Waals surface area contributed by atoms with Gasteiger partial charge in [-0.25, -0.2) is 0 Å². The fraction of sp³-hybridized carbons (Fsp3) is 0.279. The van der Waals surface area contributed by atoms with Crippen molar-refractivity contribution in [1.82, 2.24) is 14.8 Å². The molecule has 0 aliphatic rings. The predicted molar refractivity (Wildman–Crippen MR) is 203 cm³/mol. The molecule has 0 unspecified atom stereocenters. The quantitative estimate of drug-likeness (QED) is 0.0975. The Bertz CT molecular complexity index is 1690. The molecule has 0 atom stereocenters. The van der Waals surface area contributed by atoms with E-state index in [0.29, 0.717) is 57.4 Å². The molecule has 0 N–H and O–H groups in total. The summed E-state index contributed by atoms with van der Waals surface area (Å²) in [4.78, 5) is 36.5. The number of aromatic nitrogens is 1. The molecule has 0 saturated heterocycles. The van der Waals surface area contributed by atoms with Crippen molar-refractivity contribution < 1.29 is 28.5 Å². The number of amides is 2. The van der Waals surface area contributed by atoms with Crippen LogP contribution in [0.25, 0.3) is 0 Å². The van der Waals surface area contributed by atoms with Crippen LogP contribution >= 0.6 is 0 Å². The number of hydrogen-bond acceptors (Lipinski definition) is 7. The Hall–Kier alpha value is -5.83. The zero-order chi connectivity index (χ0) is 36.7. The van der Waals surface area contributed by atoms with Gasteiger partial charge in [0.25, 0.3) is 11.8 Å². The number of methoxy groups -OCH3 is 4. The normalized spacial score (nSPS) is 10.7. The van der Waals surface area contributed by atoms with Gasteiger partial charge < -0.3 is 28.7 Å². The molecule has 0 bridgehead atoms. The van der Waals surface area contributed by atoms with Crippen molar-refractivity contribution in [2.24, 2.45) is 0 Å². The van der Waals surface area contributed by atoms with Crippen LogP contribution < -0.4 is 18.9 Å². The van der Waals surface area contributed by atoms with Crippen LogP contribution in [0.3, 0.4) is 0 Å². The first kappa shape index (κ1) is 37.4. The summed E-state index contributed by atoms with van der Waals surface area (Å²) in [6.07, 6.45) is 4.08. The molecule has 52 heavy (non-hydrogen) atoms. The highest BCUT2D eigenvalue weighted by atomic mass is 16.5. The second kappa shape index (κ2) is 19.0. The predicted octanol–water partition coefficient (Wildman–Crippen LogP) is 6.97. The molecule has 0 aliphatic heterocycles. The highest BCUT2D eigenvalue weighted by molar-refractivity contribution is 5.98. The number of pyridine rings is 1. The molecule has 0 radical (unpaired) electrons. The van der Waals surface area contributed by atoms with E-state index in [1.165, 1.54) is 0 Å². The Morgan fingerprint density at radius 3 is 1.17 bits per heavy atom. The lowest BCUT2D eigenvalue weighted by atomic mass is 10.1. The highest BCUT2D eigenvalue weighted by Gasteiger charge is 2.22. The number of nitrogens with zero attached hydrogens (tertiary/aromatic N) is 3. The molecular formula is C43H47N3O6. The number of ether oxygens (including phenoxy) is 4. The van der Waals surface area contributed by atoms with Crippen molar-refractivity contribution in [2.45, 2.75) is 25.7 Å². The van der Waals surface area contributed by atoms with E-state index in [1.807, 2.05) is 102 Å². The van der Waals surface area contributed by atoms with Crippen LogP contribution in [-0.2, 0) is 25.7 Å². The van der Waals surface area contributed by atoms with Crippen LogP contribution in [0, 0.1) is 0 Å². The molecular weight excluding hydrogens is 654 g/mol. The summed E-state index contributed by atoms with van der Waals surface area (Å²) in [6.45, 7) is 1.88. The van der Waals surface area contributed by atoms with Gasteiger partial charge in [0.05, 0.1) is 28.4 Å². The lowest BCUT2D eigenvalue weighted by molar-refractivity contribution is 0.0752. The third kappa shape index (κ3) is 10.6. The van der Waals surface area contributed by atoms with Gasteiger partial charge in [-0.1, -0.05) is 48.5 Å². The van der Waals surface area contributed by atoms with Crippen molar-refractivity contribution >= 4 is 11.8 Å². The lowest BCUT2D eigenvalue weighted by Crippen LogP contribution is -2.36. The summed E-state index contributed by atoms with van der Waals surface area (Å²) in [5.74, 6) is 2.67. The second-order valence-corrected chi connectivity index (χ2v) is 12.4. The van der Waals surface area contributed by atoms with E-state index >= 15 is 0 Å². The van der Waals surface area contributed by atoms with Crippen LogP contribution in [0.15, 0.2) is 115 Å². The van der Waals surface area contributed by atoms with Gasteiger partial charge in [-0.2, -0.15) is 0 Å². The van der Waals surface area contributed by atoms with Crippen molar-refractivity contribution in [3.63, 3.8) is 0 Å².